The minimum Gasteiger partial charge on any atom is -0.393 e. The third kappa shape index (κ3) is 4.49. The fraction of sp³-hybridized carbons (Fsp3) is 0.533. The lowest BCUT2D eigenvalue weighted by Gasteiger charge is -2.28. The summed E-state index contributed by atoms with van der Waals surface area (Å²) in [5.74, 6) is 0. The van der Waals surface area contributed by atoms with Crippen LogP contribution in [0.15, 0.2) is 28.7 Å². The first-order valence-corrected chi connectivity index (χ1v) is 7.78. The Morgan fingerprint density at radius 2 is 1.90 bits per heavy atom. The lowest BCUT2D eigenvalue weighted by molar-refractivity contribution is 0.115. The van der Waals surface area contributed by atoms with Crippen molar-refractivity contribution in [1.82, 2.24) is 10.2 Å². The number of rotatable bonds is 3. The van der Waals surface area contributed by atoms with Crippen LogP contribution in [0.5, 0.6) is 0 Å². The summed E-state index contributed by atoms with van der Waals surface area (Å²) in [6.07, 6.45) is 3.09. The number of hydrogen-bond donors (Lipinski definition) is 2. The summed E-state index contributed by atoms with van der Waals surface area (Å²) < 4.78 is 1.04. The van der Waals surface area contributed by atoms with Crippen LogP contribution in [-0.4, -0.2) is 35.2 Å². The first-order chi connectivity index (χ1) is 9.54. The van der Waals surface area contributed by atoms with Gasteiger partial charge in [0, 0.05) is 24.1 Å². The predicted molar refractivity (Wildman–Crippen MR) is 82.4 cm³/mol. The molecule has 0 aromatic heterocycles. The molecule has 0 heterocycles. The number of carbonyl (C=O) groups excluding carboxylic acids is 1. The minimum absolute atomic E-state index is 0.0469. The van der Waals surface area contributed by atoms with Crippen molar-refractivity contribution in [2.45, 2.75) is 44.4 Å². The van der Waals surface area contributed by atoms with Gasteiger partial charge in [0.1, 0.15) is 0 Å². The average Bonchev–Trinajstić information content (AvgIpc) is 2.44. The maximum Gasteiger partial charge on any atom is 0.317 e. The monoisotopic (exact) mass is 340 g/mol. The topological polar surface area (TPSA) is 52.6 Å². The molecule has 0 bridgehead atoms. The van der Waals surface area contributed by atoms with E-state index in [4.69, 9.17) is 0 Å². The SMILES string of the molecule is CN(Cc1ccc(Br)cc1)C(=O)NC1CCC(O)CC1. The molecular formula is C15H21BrN2O2. The van der Waals surface area contributed by atoms with Crippen molar-refractivity contribution < 1.29 is 9.90 Å². The quantitative estimate of drug-likeness (QED) is 0.888. The molecule has 1 saturated carbocycles. The van der Waals surface area contributed by atoms with Crippen molar-refractivity contribution in [1.29, 1.82) is 0 Å². The van der Waals surface area contributed by atoms with E-state index in [0.717, 1.165) is 35.7 Å². The second-order valence-corrected chi connectivity index (χ2v) is 6.35. The molecule has 1 aromatic carbocycles. The molecule has 2 amide bonds. The van der Waals surface area contributed by atoms with Gasteiger partial charge in [-0.25, -0.2) is 4.79 Å². The number of benzene rings is 1. The van der Waals surface area contributed by atoms with Gasteiger partial charge in [0.25, 0.3) is 0 Å². The number of aliphatic hydroxyl groups excluding tert-OH is 1. The second-order valence-electron chi connectivity index (χ2n) is 5.44. The number of urea groups is 1. The Balaban J connectivity index is 1.81. The molecule has 110 valence electrons. The van der Waals surface area contributed by atoms with Crippen molar-refractivity contribution in [2.24, 2.45) is 0 Å². The lowest BCUT2D eigenvalue weighted by atomic mass is 9.93. The summed E-state index contributed by atoms with van der Waals surface area (Å²) in [6, 6.07) is 8.11. The molecule has 0 radical (unpaired) electrons. The van der Waals surface area contributed by atoms with E-state index in [-0.39, 0.29) is 18.2 Å². The summed E-state index contributed by atoms with van der Waals surface area (Å²) in [5.41, 5.74) is 1.10. The maximum atomic E-state index is 12.1. The van der Waals surface area contributed by atoms with E-state index in [0.29, 0.717) is 6.54 Å². The highest BCUT2D eigenvalue weighted by Gasteiger charge is 2.21. The van der Waals surface area contributed by atoms with Gasteiger partial charge in [-0.3, -0.25) is 0 Å². The molecule has 1 aliphatic carbocycles. The molecule has 5 heteroatoms. The van der Waals surface area contributed by atoms with Crippen LogP contribution >= 0.6 is 15.9 Å². The fourth-order valence-corrected chi connectivity index (χ4v) is 2.70. The zero-order chi connectivity index (χ0) is 14.5. The Hall–Kier alpha value is -1.07. The smallest absolute Gasteiger partial charge is 0.317 e. The third-order valence-corrected chi connectivity index (χ3v) is 4.23. The first-order valence-electron chi connectivity index (χ1n) is 6.98. The molecule has 0 spiro atoms. The zero-order valence-corrected chi connectivity index (χ0v) is 13.3. The number of nitrogens with one attached hydrogen (secondary N) is 1. The van der Waals surface area contributed by atoms with Crippen LogP contribution in [0.25, 0.3) is 0 Å². The number of halogens is 1. The van der Waals surface area contributed by atoms with Gasteiger partial charge in [-0.1, -0.05) is 28.1 Å². The van der Waals surface area contributed by atoms with Gasteiger partial charge in [0.2, 0.25) is 0 Å². The van der Waals surface area contributed by atoms with E-state index in [2.05, 4.69) is 21.2 Å². The van der Waals surface area contributed by atoms with Crippen LogP contribution < -0.4 is 5.32 Å². The Morgan fingerprint density at radius 1 is 1.30 bits per heavy atom. The zero-order valence-electron chi connectivity index (χ0n) is 11.7. The number of nitrogens with zero attached hydrogens (tertiary/aromatic N) is 1. The van der Waals surface area contributed by atoms with Crippen molar-refractivity contribution in [3.63, 3.8) is 0 Å². The number of hydrogen-bond acceptors (Lipinski definition) is 2. The molecule has 0 unspecified atom stereocenters. The highest BCUT2D eigenvalue weighted by molar-refractivity contribution is 9.10. The molecule has 0 atom stereocenters. The van der Waals surface area contributed by atoms with Crippen molar-refractivity contribution in [3.8, 4) is 0 Å². The van der Waals surface area contributed by atoms with Gasteiger partial charge in [-0.15, -0.1) is 0 Å². The Labute approximate surface area is 128 Å². The van der Waals surface area contributed by atoms with E-state index in [9.17, 15) is 9.90 Å². The summed E-state index contributed by atoms with van der Waals surface area (Å²) in [4.78, 5) is 13.8. The molecule has 1 aromatic rings. The van der Waals surface area contributed by atoms with Crippen molar-refractivity contribution >= 4 is 22.0 Å². The minimum atomic E-state index is -0.191. The highest BCUT2D eigenvalue weighted by atomic mass is 79.9. The molecule has 1 fully saturated rings. The number of carbonyl (C=O) groups is 1. The molecular weight excluding hydrogens is 320 g/mol. The van der Waals surface area contributed by atoms with Crippen LogP contribution in [0.1, 0.15) is 31.2 Å². The molecule has 20 heavy (non-hydrogen) atoms. The van der Waals surface area contributed by atoms with Gasteiger partial charge in [-0.05, 0) is 43.4 Å². The molecule has 4 nitrogen and oxygen atoms in total. The van der Waals surface area contributed by atoms with Crippen molar-refractivity contribution in [3.05, 3.63) is 34.3 Å². The van der Waals surface area contributed by atoms with Crippen LogP contribution in [-0.2, 0) is 6.54 Å². The number of aliphatic hydroxyl groups is 1. The Bertz CT molecular complexity index is 442. The molecule has 1 aliphatic rings. The lowest BCUT2D eigenvalue weighted by Crippen LogP contribution is -2.44. The normalized spacial score (nSPS) is 22.4. The van der Waals surface area contributed by atoms with Gasteiger partial charge in [0.05, 0.1) is 6.10 Å². The Morgan fingerprint density at radius 3 is 2.50 bits per heavy atom. The van der Waals surface area contributed by atoms with Crippen LogP contribution in [0.3, 0.4) is 0 Å². The standard InChI is InChI=1S/C15H21BrN2O2/c1-18(10-11-2-4-12(16)5-3-11)15(20)17-13-6-8-14(19)9-7-13/h2-5,13-14,19H,6-10H2,1H3,(H,17,20). The Kier molecular flexibility index (Phi) is 5.43. The summed E-state index contributed by atoms with van der Waals surface area (Å²) in [7, 11) is 1.80. The van der Waals surface area contributed by atoms with E-state index in [1.165, 1.54) is 0 Å². The van der Waals surface area contributed by atoms with E-state index in [1.807, 2.05) is 24.3 Å². The van der Waals surface area contributed by atoms with E-state index < -0.39 is 0 Å². The highest BCUT2D eigenvalue weighted by Crippen LogP contribution is 2.18. The van der Waals surface area contributed by atoms with Gasteiger partial charge < -0.3 is 15.3 Å². The van der Waals surface area contributed by atoms with Gasteiger partial charge in [-0.2, -0.15) is 0 Å². The van der Waals surface area contributed by atoms with Gasteiger partial charge in [0.15, 0.2) is 0 Å². The molecule has 2 N–H and O–H groups in total. The van der Waals surface area contributed by atoms with E-state index in [1.54, 1.807) is 11.9 Å². The predicted octanol–water partition coefficient (Wildman–Crippen LogP) is 2.89. The first kappa shape index (κ1) is 15.3. The molecule has 0 saturated heterocycles. The molecule has 2 rings (SSSR count). The van der Waals surface area contributed by atoms with Crippen LogP contribution in [0.4, 0.5) is 4.79 Å². The largest absolute Gasteiger partial charge is 0.393 e. The van der Waals surface area contributed by atoms with Gasteiger partial charge >= 0.3 is 6.03 Å². The average molecular weight is 341 g/mol. The summed E-state index contributed by atoms with van der Waals surface area (Å²) in [6.45, 7) is 0.592. The summed E-state index contributed by atoms with van der Waals surface area (Å²) >= 11 is 3.40. The van der Waals surface area contributed by atoms with Crippen molar-refractivity contribution in [2.75, 3.05) is 7.05 Å². The molecule has 0 aliphatic heterocycles. The van der Waals surface area contributed by atoms with Crippen LogP contribution in [0.2, 0.25) is 0 Å². The van der Waals surface area contributed by atoms with E-state index >= 15 is 0 Å². The second kappa shape index (κ2) is 7.09. The summed E-state index contributed by atoms with van der Waals surface area (Å²) in [5, 5.41) is 12.5. The van der Waals surface area contributed by atoms with Crippen LogP contribution in [0, 0.1) is 0 Å². The third-order valence-electron chi connectivity index (χ3n) is 3.70. The maximum absolute atomic E-state index is 12.1. The fourth-order valence-electron chi connectivity index (χ4n) is 2.44. The number of amides is 2.